The monoisotopic (exact) mass is 485 g/mol. The average Bonchev–Trinajstić information content (AvgIpc) is 3.08. The Morgan fingerprint density at radius 3 is 2.48 bits per heavy atom. The highest BCUT2D eigenvalue weighted by atomic mass is 79.9. The third kappa shape index (κ3) is 3.52. The van der Waals surface area contributed by atoms with Crippen molar-refractivity contribution in [2.45, 2.75) is 6.92 Å². The number of carbonyl (C=O) groups excluding carboxylic acids is 1. The molecular formula is C21H16BrN3O2S2. The molecule has 8 heteroatoms. The number of para-hydroxylation sites is 1. The van der Waals surface area contributed by atoms with Gasteiger partial charge in [-0.2, -0.15) is 0 Å². The lowest BCUT2D eigenvalue weighted by molar-refractivity contribution is -0.113. The summed E-state index contributed by atoms with van der Waals surface area (Å²) in [7, 11) is 1.79. The number of aromatic nitrogens is 2. The molecule has 1 aromatic heterocycles. The molecule has 0 aliphatic carbocycles. The zero-order chi connectivity index (χ0) is 20.7. The van der Waals surface area contributed by atoms with E-state index in [1.54, 1.807) is 22.5 Å². The van der Waals surface area contributed by atoms with Gasteiger partial charge in [-0.15, -0.1) is 0 Å². The standard InChI is InChI=1S/C21H16BrN3O2S2/c1-13-18(20(27)25(23(13)2)16-9-4-3-5-10-16)24-19(26)17(29-21(24)28)12-14-7-6-8-15(22)11-14/h3-12H,1-2H3/b17-12-. The van der Waals surface area contributed by atoms with Gasteiger partial charge in [0.05, 0.1) is 16.3 Å². The highest BCUT2D eigenvalue weighted by Crippen LogP contribution is 2.36. The van der Waals surface area contributed by atoms with Crippen LogP contribution in [0.3, 0.4) is 0 Å². The SMILES string of the molecule is Cc1c(N2C(=O)/C(=C/c3cccc(Br)c3)SC2=S)c(=O)n(-c2ccccc2)n1C. The number of halogens is 1. The maximum absolute atomic E-state index is 13.3. The van der Waals surface area contributed by atoms with Gasteiger partial charge in [-0.3, -0.25) is 19.2 Å². The van der Waals surface area contributed by atoms with E-state index in [2.05, 4.69) is 15.9 Å². The number of hydrogen-bond donors (Lipinski definition) is 0. The van der Waals surface area contributed by atoms with Crippen molar-refractivity contribution in [3.05, 3.63) is 85.6 Å². The Kier molecular flexibility index (Phi) is 5.33. The van der Waals surface area contributed by atoms with Crippen LogP contribution in [-0.4, -0.2) is 19.6 Å². The molecule has 1 aliphatic rings. The number of amides is 1. The second-order valence-electron chi connectivity index (χ2n) is 6.48. The summed E-state index contributed by atoms with van der Waals surface area (Å²) in [5.41, 5.74) is 2.28. The molecule has 3 aromatic rings. The summed E-state index contributed by atoms with van der Waals surface area (Å²) in [6.07, 6.45) is 1.79. The lowest BCUT2D eigenvalue weighted by Crippen LogP contribution is -2.33. The minimum Gasteiger partial charge on any atom is -0.283 e. The molecule has 29 heavy (non-hydrogen) atoms. The Balaban J connectivity index is 1.79. The van der Waals surface area contributed by atoms with E-state index in [1.807, 2.05) is 61.5 Å². The third-order valence-corrected chi connectivity index (χ3v) is 6.48. The van der Waals surface area contributed by atoms with Crippen LogP contribution in [0, 0.1) is 6.92 Å². The fourth-order valence-electron chi connectivity index (χ4n) is 3.22. The van der Waals surface area contributed by atoms with Crippen LogP contribution in [0.1, 0.15) is 11.3 Å². The molecule has 1 amide bonds. The Bertz CT molecular complexity index is 1230. The van der Waals surface area contributed by atoms with E-state index < -0.39 is 0 Å². The molecule has 1 aliphatic heterocycles. The van der Waals surface area contributed by atoms with Crippen LogP contribution < -0.4 is 10.5 Å². The molecule has 146 valence electrons. The number of nitrogens with zero attached hydrogens (tertiary/aromatic N) is 3. The quantitative estimate of drug-likeness (QED) is 0.400. The first-order chi connectivity index (χ1) is 13.9. The van der Waals surface area contributed by atoms with Gasteiger partial charge in [-0.05, 0) is 42.8 Å². The van der Waals surface area contributed by atoms with Crippen molar-refractivity contribution in [2.24, 2.45) is 7.05 Å². The van der Waals surface area contributed by atoms with Crippen molar-refractivity contribution in [2.75, 3.05) is 4.90 Å². The van der Waals surface area contributed by atoms with Crippen molar-refractivity contribution in [3.63, 3.8) is 0 Å². The Morgan fingerprint density at radius 1 is 1.07 bits per heavy atom. The maximum atomic E-state index is 13.3. The van der Waals surface area contributed by atoms with Crippen LogP contribution in [0.5, 0.6) is 0 Å². The Morgan fingerprint density at radius 2 is 1.79 bits per heavy atom. The first kappa shape index (κ1) is 19.9. The average molecular weight is 486 g/mol. The number of carbonyl (C=O) groups is 1. The van der Waals surface area contributed by atoms with Crippen LogP contribution in [0.15, 0.2) is 68.8 Å². The fraction of sp³-hybridized carbons (Fsp3) is 0.0952. The van der Waals surface area contributed by atoms with Crippen LogP contribution in [0.25, 0.3) is 11.8 Å². The first-order valence-corrected chi connectivity index (χ1v) is 10.8. The third-order valence-electron chi connectivity index (χ3n) is 4.69. The summed E-state index contributed by atoms with van der Waals surface area (Å²) in [5.74, 6) is -0.286. The van der Waals surface area contributed by atoms with Crippen molar-refractivity contribution in [1.29, 1.82) is 0 Å². The molecule has 2 heterocycles. The predicted molar refractivity (Wildman–Crippen MR) is 126 cm³/mol. The minimum absolute atomic E-state index is 0.281. The summed E-state index contributed by atoms with van der Waals surface area (Å²) >= 11 is 10.1. The molecule has 5 nitrogen and oxygen atoms in total. The molecule has 1 fully saturated rings. The Hall–Kier alpha value is -2.42. The number of hydrogen-bond acceptors (Lipinski definition) is 4. The molecule has 0 saturated carbocycles. The van der Waals surface area contributed by atoms with Gasteiger partial charge >= 0.3 is 0 Å². The molecule has 0 unspecified atom stereocenters. The highest BCUT2D eigenvalue weighted by Gasteiger charge is 2.37. The molecule has 0 spiro atoms. The molecule has 0 bridgehead atoms. The molecule has 2 aromatic carbocycles. The lowest BCUT2D eigenvalue weighted by atomic mass is 10.2. The second kappa shape index (κ2) is 7.78. The van der Waals surface area contributed by atoms with Crippen LogP contribution in [0.2, 0.25) is 0 Å². The van der Waals surface area contributed by atoms with Crippen LogP contribution in [0.4, 0.5) is 5.69 Å². The van der Waals surface area contributed by atoms with Gasteiger partial charge < -0.3 is 0 Å². The predicted octanol–water partition coefficient (Wildman–Crippen LogP) is 4.65. The highest BCUT2D eigenvalue weighted by molar-refractivity contribution is 9.10. The number of benzene rings is 2. The molecule has 4 rings (SSSR count). The van der Waals surface area contributed by atoms with E-state index in [1.165, 1.54) is 16.7 Å². The van der Waals surface area contributed by atoms with Crippen molar-refractivity contribution >= 4 is 61.9 Å². The van der Waals surface area contributed by atoms with Gasteiger partial charge in [0.2, 0.25) is 0 Å². The summed E-state index contributed by atoms with van der Waals surface area (Å²) in [4.78, 5) is 28.2. The summed E-state index contributed by atoms with van der Waals surface area (Å²) in [6.45, 7) is 1.81. The summed E-state index contributed by atoms with van der Waals surface area (Å²) in [6, 6.07) is 17.0. The second-order valence-corrected chi connectivity index (χ2v) is 9.07. The zero-order valence-electron chi connectivity index (χ0n) is 15.6. The Labute approximate surface area is 185 Å². The number of rotatable bonds is 3. The van der Waals surface area contributed by atoms with Crippen LogP contribution >= 0.6 is 39.9 Å². The topological polar surface area (TPSA) is 47.2 Å². The van der Waals surface area contributed by atoms with Crippen molar-refractivity contribution in [3.8, 4) is 5.69 Å². The van der Waals surface area contributed by atoms with E-state index in [9.17, 15) is 9.59 Å². The zero-order valence-corrected chi connectivity index (χ0v) is 18.8. The van der Waals surface area contributed by atoms with Crippen LogP contribution in [-0.2, 0) is 11.8 Å². The van der Waals surface area contributed by atoms with Gasteiger partial charge in [0, 0.05) is 11.5 Å². The largest absolute Gasteiger partial charge is 0.296 e. The van der Waals surface area contributed by atoms with Gasteiger partial charge in [-0.1, -0.05) is 70.2 Å². The normalized spacial score (nSPS) is 15.6. The van der Waals surface area contributed by atoms with Gasteiger partial charge in [-0.25, -0.2) is 4.68 Å². The van der Waals surface area contributed by atoms with E-state index in [-0.39, 0.29) is 17.2 Å². The van der Waals surface area contributed by atoms with Crippen molar-refractivity contribution in [1.82, 2.24) is 9.36 Å². The van der Waals surface area contributed by atoms with E-state index in [0.29, 0.717) is 14.9 Å². The lowest BCUT2D eigenvalue weighted by Gasteiger charge is -2.12. The smallest absolute Gasteiger partial charge is 0.283 e. The number of anilines is 1. The number of thiocarbonyl (C=S) groups is 1. The molecule has 1 saturated heterocycles. The summed E-state index contributed by atoms with van der Waals surface area (Å²) in [5, 5.41) is 0. The summed E-state index contributed by atoms with van der Waals surface area (Å²) < 4.78 is 4.55. The molecule has 0 N–H and O–H groups in total. The minimum atomic E-state index is -0.286. The van der Waals surface area contributed by atoms with Crippen molar-refractivity contribution < 1.29 is 4.79 Å². The van der Waals surface area contributed by atoms with E-state index in [4.69, 9.17) is 12.2 Å². The molecule has 0 radical (unpaired) electrons. The van der Waals surface area contributed by atoms with E-state index in [0.717, 1.165) is 15.7 Å². The van der Waals surface area contributed by atoms with Gasteiger partial charge in [0.15, 0.2) is 4.32 Å². The fourth-order valence-corrected chi connectivity index (χ4v) is 4.91. The van der Waals surface area contributed by atoms with Gasteiger partial charge in [0.25, 0.3) is 11.5 Å². The van der Waals surface area contributed by atoms with E-state index >= 15 is 0 Å². The molecular weight excluding hydrogens is 470 g/mol. The number of thioether (sulfide) groups is 1. The maximum Gasteiger partial charge on any atom is 0.296 e. The van der Waals surface area contributed by atoms with Gasteiger partial charge in [0.1, 0.15) is 5.69 Å². The molecule has 0 atom stereocenters. The first-order valence-electron chi connectivity index (χ1n) is 8.76.